The molecule has 0 saturated heterocycles. The average Bonchev–Trinajstić information content (AvgIpc) is 2.73. The molecule has 15 nitrogen and oxygen atoms in total. The highest BCUT2D eigenvalue weighted by Gasteiger charge is 2.24. The number of benzene rings is 1. The Labute approximate surface area is 204 Å². The van der Waals surface area contributed by atoms with Crippen LogP contribution in [0.2, 0.25) is 0 Å². The van der Waals surface area contributed by atoms with E-state index < -0.39 is 41.3 Å². The van der Waals surface area contributed by atoms with Crippen LogP contribution < -0.4 is 20.3 Å². The van der Waals surface area contributed by atoms with Gasteiger partial charge in [0.05, 0.1) is 10.6 Å². The molecule has 0 aliphatic heterocycles. The average molecular weight is 551 g/mol. The molecule has 1 aliphatic carbocycles. The van der Waals surface area contributed by atoms with Gasteiger partial charge in [-0.1, -0.05) is 0 Å². The molecular weight excluding hydrogens is 526 g/mol. The molecule has 1 aromatic carbocycles. The van der Waals surface area contributed by atoms with Gasteiger partial charge in [-0.2, -0.15) is 31.8 Å². The summed E-state index contributed by atoms with van der Waals surface area (Å²) in [6.07, 6.45) is 2.46. The first-order valence-corrected chi connectivity index (χ1v) is 14.1. The van der Waals surface area contributed by atoms with Gasteiger partial charge in [-0.15, -0.1) is 0 Å². The van der Waals surface area contributed by atoms with Gasteiger partial charge in [-0.05, 0) is 43.9 Å². The van der Waals surface area contributed by atoms with Crippen molar-refractivity contribution in [2.24, 2.45) is 0 Å². The molecule has 1 aromatic heterocycles. The Morgan fingerprint density at radius 1 is 0.971 bits per heavy atom. The van der Waals surface area contributed by atoms with E-state index >= 15 is 0 Å². The quantitative estimate of drug-likeness (QED) is 0.209. The molecule has 1 fully saturated rings. The van der Waals surface area contributed by atoms with Crippen molar-refractivity contribution >= 4 is 55.0 Å². The molecule has 0 radical (unpaired) electrons. The van der Waals surface area contributed by atoms with Crippen LogP contribution in [0.4, 0.5) is 23.5 Å². The van der Waals surface area contributed by atoms with Crippen molar-refractivity contribution in [3.63, 3.8) is 0 Å². The first kappa shape index (κ1) is 27.1. The van der Waals surface area contributed by atoms with Gasteiger partial charge >= 0.3 is 0 Å². The standard InChI is InChI=1S/C17H25N7O8S3/c1-24(2)17-21-15(18-10-3-5-11(6-4-10)23-33(25)26)20-16(22-17)19-13-9-12(34(27,28)29)7-8-14(13)35(30,31)32/h7-11,23H,3-6H2,1-2H3,(H,25,26)(H,27,28,29)(H,30,31,32)(H2,18,19,20,21,22)/p-1. The summed E-state index contributed by atoms with van der Waals surface area (Å²) < 4.78 is 89.6. The predicted molar refractivity (Wildman–Crippen MR) is 125 cm³/mol. The minimum atomic E-state index is -4.78. The SMILES string of the molecule is CN(C)c1nc(Nc2cc(S(=O)(=O)O)ccc2S(=O)(=O)O)nc(NC2CCC(NS(=O)[O-])CC2)n1. The predicted octanol–water partition coefficient (Wildman–Crippen LogP) is 0.281. The lowest BCUT2D eigenvalue weighted by Gasteiger charge is -2.30. The van der Waals surface area contributed by atoms with Crippen LogP contribution in [-0.2, 0) is 31.5 Å². The lowest BCUT2D eigenvalue weighted by molar-refractivity contribution is 0.381. The number of hydrogen-bond acceptors (Lipinski definition) is 12. The number of aromatic nitrogens is 3. The molecule has 1 saturated carbocycles. The van der Waals surface area contributed by atoms with Crippen molar-refractivity contribution in [2.75, 3.05) is 29.6 Å². The van der Waals surface area contributed by atoms with Crippen molar-refractivity contribution in [3.8, 4) is 0 Å². The third-order valence-corrected chi connectivity index (χ3v) is 7.41. The molecule has 35 heavy (non-hydrogen) atoms. The molecule has 2 aromatic rings. The molecule has 0 bridgehead atoms. The molecular formula is C17H24N7O8S3-. The summed E-state index contributed by atoms with van der Waals surface area (Å²) >= 11 is -2.34. The van der Waals surface area contributed by atoms with Gasteiger partial charge in [-0.3, -0.25) is 13.3 Å². The highest BCUT2D eigenvalue weighted by molar-refractivity contribution is 7.86. The largest absolute Gasteiger partial charge is 0.760 e. The summed E-state index contributed by atoms with van der Waals surface area (Å²) in [5, 5.41) is 5.71. The van der Waals surface area contributed by atoms with Gasteiger partial charge in [0.25, 0.3) is 20.2 Å². The molecule has 3 rings (SSSR count). The Morgan fingerprint density at radius 2 is 1.57 bits per heavy atom. The second-order valence-electron chi connectivity index (χ2n) is 7.96. The Bertz CT molecular complexity index is 1310. The molecule has 0 amide bonds. The summed E-state index contributed by atoms with van der Waals surface area (Å²) in [6.45, 7) is 0. The van der Waals surface area contributed by atoms with Gasteiger partial charge in [0.15, 0.2) is 0 Å². The Hall–Kier alpha value is -2.48. The molecule has 1 atom stereocenters. The molecule has 1 heterocycles. The van der Waals surface area contributed by atoms with Crippen LogP contribution in [0.25, 0.3) is 0 Å². The first-order chi connectivity index (χ1) is 16.2. The number of nitrogens with zero attached hydrogens (tertiary/aromatic N) is 4. The zero-order chi connectivity index (χ0) is 26.0. The van der Waals surface area contributed by atoms with Crippen molar-refractivity contribution in [1.82, 2.24) is 19.7 Å². The summed E-state index contributed by atoms with van der Waals surface area (Å²) in [5.41, 5.74) is -0.387. The third kappa shape index (κ3) is 7.50. The number of anilines is 4. The van der Waals surface area contributed by atoms with Crippen molar-refractivity contribution < 1.29 is 34.7 Å². The van der Waals surface area contributed by atoms with Crippen LogP contribution in [0.5, 0.6) is 0 Å². The van der Waals surface area contributed by atoms with E-state index in [1.165, 1.54) is 0 Å². The zero-order valence-electron chi connectivity index (χ0n) is 18.6. The highest BCUT2D eigenvalue weighted by atomic mass is 32.2. The monoisotopic (exact) mass is 550 g/mol. The maximum absolute atomic E-state index is 11.8. The normalized spacial score (nSPS) is 19.7. The van der Waals surface area contributed by atoms with Crippen LogP contribution >= 0.6 is 0 Å². The molecule has 1 unspecified atom stereocenters. The summed E-state index contributed by atoms with van der Waals surface area (Å²) in [6, 6.07) is 2.22. The molecule has 194 valence electrons. The van der Waals surface area contributed by atoms with Gasteiger partial charge in [0.2, 0.25) is 17.8 Å². The van der Waals surface area contributed by atoms with E-state index in [9.17, 15) is 34.7 Å². The molecule has 0 spiro atoms. The summed E-state index contributed by atoms with van der Waals surface area (Å²) in [5.74, 6) is 0.150. The van der Waals surface area contributed by atoms with Gasteiger partial charge in [-0.25, -0.2) is 4.72 Å². The van der Waals surface area contributed by atoms with E-state index in [4.69, 9.17) is 0 Å². The summed E-state index contributed by atoms with van der Waals surface area (Å²) in [4.78, 5) is 13.0. The van der Waals surface area contributed by atoms with Crippen LogP contribution in [0.3, 0.4) is 0 Å². The molecule has 1 aliphatic rings. The van der Waals surface area contributed by atoms with Gasteiger partial charge in [0, 0.05) is 37.4 Å². The Morgan fingerprint density at radius 3 is 2.11 bits per heavy atom. The van der Waals surface area contributed by atoms with Crippen LogP contribution in [0.15, 0.2) is 28.0 Å². The zero-order valence-corrected chi connectivity index (χ0v) is 21.0. The topological polar surface area (TPSA) is 227 Å². The highest BCUT2D eigenvalue weighted by Crippen LogP contribution is 2.28. The number of nitrogens with one attached hydrogen (secondary N) is 3. The van der Waals surface area contributed by atoms with E-state index in [2.05, 4.69) is 30.3 Å². The van der Waals surface area contributed by atoms with Gasteiger partial charge in [0.1, 0.15) is 4.90 Å². The van der Waals surface area contributed by atoms with E-state index in [0.717, 1.165) is 18.2 Å². The smallest absolute Gasteiger partial charge is 0.296 e. The number of rotatable bonds is 9. The van der Waals surface area contributed by atoms with Crippen LogP contribution in [0.1, 0.15) is 25.7 Å². The molecule has 5 N–H and O–H groups in total. The fraction of sp³-hybridized carbons (Fsp3) is 0.471. The van der Waals surface area contributed by atoms with Crippen molar-refractivity contribution in [3.05, 3.63) is 18.2 Å². The second-order valence-corrected chi connectivity index (χ2v) is 11.5. The van der Waals surface area contributed by atoms with Crippen molar-refractivity contribution in [2.45, 2.75) is 47.6 Å². The maximum Gasteiger partial charge on any atom is 0.296 e. The van der Waals surface area contributed by atoms with Crippen LogP contribution in [-0.4, -0.2) is 75.8 Å². The summed E-state index contributed by atoms with van der Waals surface area (Å²) in [7, 11) is -6.13. The molecule has 18 heteroatoms. The van der Waals surface area contributed by atoms with E-state index in [1.54, 1.807) is 19.0 Å². The second kappa shape index (κ2) is 10.6. The number of hydrogen-bond donors (Lipinski definition) is 5. The lowest BCUT2D eigenvalue weighted by atomic mass is 9.92. The maximum atomic E-state index is 11.8. The Kier molecular flexibility index (Phi) is 8.25. The minimum absolute atomic E-state index is 0.0744. The van der Waals surface area contributed by atoms with E-state index in [1.807, 2.05) is 0 Å². The third-order valence-electron chi connectivity index (χ3n) is 5.12. The first-order valence-electron chi connectivity index (χ1n) is 10.1. The van der Waals surface area contributed by atoms with Crippen LogP contribution in [0, 0.1) is 0 Å². The van der Waals surface area contributed by atoms with Gasteiger partial charge < -0.3 is 20.1 Å². The fourth-order valence-corrected chi connectivity index (χ4v) is 5.11. The fourth-order valence-electron chi connectivity index (χ4n) is 3.47. The minimum Gasteiger partial charge on any atom is -0.760 e. The Balaban J connectivity index is 1.90. The van der Waals surface area contributed by atoms with E-state index in [0.29, 0.717) is 25.7 Å². The van der Waals surface area contributed by atoms with Crippen molar-refractivity contribution in [1.29, 1.82) is 0 Å². The van der Waals surface area contributed by atoms with E-state index in [-0.39, 0.29) is 35.6 Å². The lowest BCUT2D eigenvalue weighted by Crippen LogP contribution is -2.38.